The van der Waals surface area contributed by atoms with Crippen molar-refractivity contribution >= 4 is 5.82 Å². The number of hydrogen-bond acceptors (Lipinski definition) is 5. The van der Waals surface area contributed by atoms with Crippen LogP contribution in [-0.2, 0) is 4.74 Å². The molecule has 0 bridgehead atoms. The Hall–Kier alpha value is -1.20. The summed E-state index contributed by atoms with van der Waals surface area (Å²) in [5, 5.41) is 6.86. The Bertz CT molecular complexity index is 386. The summed E-state index contributed by atoms with van der Waals surface area (Å²) in [5.41, 5.74) is 1.01. The SMILES string of the molecule is c1nc(NC2CCNCC2)cc(C2CCCO2)n1. The topological polar surface area (TPSA) is 59.1 Å². The lowest BCUT2D eigenvalue weighted by Gasteiger charge is -2.24. The molecular formula is C13H20N4O. The standard InChI is InChI=1S/C13H20N4O/c1-2-12(18-7-1)11-8-13(16-9-15-11)17-10-3-5-14-6-4-10/h8-10,12,14H,1-7H2,(H,15,16,17). The molecule has 2 saturated heterocycles. The van der Waals surface area contributed by atoms with Crippen LogP contribution >= 0.6 is 0 Å². The molecule has 1 unspecified atom stereocenters. The molecule has 18 heavy (non-hydrogen) atoms. The van der Waals surface area contributed by atoms with Crippen molar-refractivity contribution in [1.82, 2.24) is 15.3 Å². The highest BCUT2D eigenvalue weighted by atomic mass is 16.5. The lowest BCUT2D eigenvalue weighted by atomic mass is 10.1. The third kappa shape index (κ3) is 2.79. The van der Waals surface area contributed by atoms with Crippen LogP contribution in [0.1, 0.15) is 37.5 Å². The molecule has 0 spiro atoms. The lowest BCUT2D eigenvalue weighted by Crippen LogP contribution is -2.35. The Kier molecular flexibility index (Phi) is 3.71. The van der Waals surface area contributed by atoms with E-state index in [4.69, 9.17) is 4.74 Å². The fraction of sp³-hybridized carbons (Fsp3) is 0.692. The summed E-state index contributed by atoms with van der Waals surface area (Å²) in [7, 11) is 0. The van der Waals surface area contributed by atoms with Gasteiger partial charge < -0.3 is 15.4 Å². The van der Waals surface area contributed by atoms with Crippen LogP contribution < -0.4 is 10.6 Å². The monoisotopic (exact) mass is 248 g/mol. The molecule has 5 heteroatoms. The van der Waals surface area contributed by atoms with E-state index < -0.39 is 0 Å². The van der Waals surface area contributed by atoms with Gasteiger partial charge in [0.2, 0.25) is 0 Å². The Balaban J connectivity index is 1.66. The molecule has 5 nitrogen and oxygen atoms in total. The number of piperidine rings is 1. The zero-order valence-electron chi connectivity index (χ0n) is 10.6. The van der Waals surface area contributed by atoms with E-state index in [-0.39, 0.29) is 6.10 Å². The highest BCUT2D eigenvalue weighted by Gasteiger charge is 2.20. The number of ether oxygens (including phenoxy) is 1. The Morgan fingerprint density at radius 3 is 2.89 bits per heavy atom. The van der Waals surface area contributed by atoms with Crippen LogP contribution in [0.3, 0.4) is 0 Å². The molecule has 2 fully saturated rings. The van der Waals surface area contributed by atoms with Gasteiger partial charge in [0.15, 0.2) is 0 Å². The van der Waals surface area contributed by atoms with E-state index in [1.165, 1.54) is 0 Å². The predicted octanol–water partition coefficient (Wildman–Crippen LogP) is 1.49. The van der Waals surface area contributed by atoms with Crippen LogP contribution in [-0.4, -0.2) is 35.7 Å². The number of rotatable bonds is 3. The molecule has 3 heterocycles. The number of hydrogen-bond donors (Lipinski definition) is 2. The van der Waals surface area contributed by atoms with Crippen molar-refractivity contribution in [3.63, 3.8) is 0 Å². The third-order valence-corrected chi connectivity index (χ3v) is 3.64. The average Bonchev–Trinajstić information content (AvgIpc) is 2.94. The van der Waals surface area contributed by atoms with Crippen molar-refractivity contribution in [3.05, 3.63) is 18.1 Å². The van der Waals surface area contributed by atoms with E-state index in [1.807, 2.05) is 6.07 Å². The van der Waals surface area contributed by atoms with Gasteiger partial charge in [0.1, 0.15) is 12.1 Å². The van der Waals surface area contributed by atoms with E-state index in [2.05, 4.69) is 20.6 Å². The number of anilines is 1. The first-order chi connectivity index (χ1) is 8.92. The summed E-state index contributed by atoms with van der Waals surface area (Å²) in [6, 6.07) is 2.57. The van der Waals surface area contributed by atoms with Crippen LogP contribution in [0, 0.1) is 0 Å². The van der Waals surface area contributed by atoms with Crippen LogP contribution in [0.2, 0.25) is 0 Å². The highest BCUT2D eigenvalue weighted by Crippen LogP contribution is 2.27. The van der Waals surface area contributed by atoms with Gasteiger partial charge in [0.05, 0.1) is 11.8 Å². The second-order valence-electron chi connectivity index (χ2n) is 5.00. The molecule has 0 aromatic carbocycles. The van der Waals surface area contributed by atoms with Gasteiger partial charge in [-0.1, -0.05) is 0 Å². The first-order valence-corrected chi connectivity index (χ1v) is 6.82. The highest BCUT2D eigenvalue weighted by molar-refractivity contribution is 5.36. The van der Waals surface area contributed by atoms with Crippen molar-refractivity contribution in [2.45, 2.75) is 37.8 Å². The average molecular weight is 248 g/mol. The van der Waals surface area contributed by atoms with Gasteiger partial charge in [0.25, 0.3) is 0 Å². The summed E-state index contributed by atoms with van der Waals surface area (Å²) in [6.45, 7) is 3.02. The van der Waals surface area contributed by atoms with E-state index in [1.54, 1.807) is 6.33 Å². The fourth-order valence-corrected chi connectivity index (χ4v) is 2.61. The van der Waals surface area contributed by atoms with Gasteiger partial charge in [-0.05, 0) is 38.8 Å². The number of aromatic nitrogens is 2. The van der Waals surface area contributed by atoms with Gasteiger partial charge in [-0.25, -0.2) is 9.97 Å². The minimum atomic E-state index is 0.168. The Labute approximate surface area is 107 Å². The van der Waals surface area contributed by atoms with Crippen LogP contribution in [0.4, 0.5) is 5.82 Å². The van der Waals surface area contributed by atoms with Crippen molar-refractivity contribution in [3.8, 4) is 0 Å². The molecule has 1 aromatic rings. The first-order valence-electron chi connectivity index (χ1n) is 6.82. The zero-order chi connectivity index (χ0) is 12.2. The quantitative estimate of drug-likeness (QED) is 0.848. The molecule has 0 aliphatic carbocycles. The maximum absolute atomic E-state index is 5.66. The molecule has 1 atom stereocenters. The van der Waals surface area contributed by atoms with Gasteiger partial charge in [-0.2, -0.15) is 0 Å². The summed E-state index contributed by atoms with van der Waals surface area (Å²) >= 11 is 0. The van der Waals surface area contributed by atoms with E-state index in [0.717, 1.165) is 56.9 Å². The normalized spacial score (nSPS) is 25.2. The molecule has 1 aromatic heterocycles. The molecule has 0 radical (unpaired) electrons. The predicted molar refractivity (Wildman–Crippen MR) is 69.5 cm³/mol. The number of nitrogens with zero attached hydrogens (tertiary/aromatic N) is 2. The maximum Gasteiger partial charge on any atom is 0.129 e. The summed E-state index contributed by atoms with van der Waals surface area (Å²) < 4.78 is 5.66. The van der Waals surface area contributed by atoms with Gasteiger partial charge in [-0.3, -0.25) is 0 Å². The van der Waals surface area contributed by atoms with E-state index in [9.17, 15) is 0 Å². The Morgan fingerprint density at radius 1 is 1.22 bits per heavy atom. The Morgan fingerprint density at radius 2 is 2.11 bits per heavy atom. The van der Waals surface area contributed by atoms with Crippen molar-refractivity contribution in [2.24, 2.45) is 0 Å². The first kappa shape index (κ1) is 11.9. The fourth-order valence-electron chi connectivity index (χ4n) is 2.61. The molecule has 98 valence electrons. The molecule has 2 N–H and O–H groups in total. The van der Waals surface area contributed by atoms with E-state index in [0.29, 0.717) is 6.04 Å². The maximum atomic E-state index is 5.66. The summed E-state index contributed by atoms with van der Waals surface area (Å²) in [4.78, 5) is 8.63. The van der Waals surface area contributed by atoms with Gasteiger partial charge >= 0.3 is 0 Å². The van der Waals surface area contributed by atoms with Crippen molar-refractivity contribution in [2.75, 3.05) is 25.0 Å². The zero-order valence-corrected chi connectivity index (χ0v) is 10.6. The second-order valence-corrected chi connectivity index (χ2v) is 5.00. The summed E-state index contributed by atoms with van der Waals surface area (Å²) in [5.74, 6) is 0.933. The van der Waals surface area contributed by atoms with Crippen LogP contribution in [0.15, 0.2) is 12.4 Å². The van der Waals surface area contributed by atoms with Crippen LogP contribution in [0.25, 0.3) is 0 Å². The molecule has 2 aliphatic heterocycles. The molecule has 2 aliphatic rings. The second kappa shape index (κ2) is 5.63. The van der Waals surface area contributed by atoms with Gasteiger partial charge in [0, 0.05) is 18.7 Å². The van der Waals surface area contributed by atoms with Crippen molar-refractivity contribution in [1.29, 1.82) is 0 Å². The van der Waals surface area contributed by atoms with E-state index >= 15 is 0 Å². The van der Waals surface area contributed by atoms with Crippen LogP contribution in [0.5, 0.6) is 0 Å². The minimum absolute atomic E-state index is 0.168. The minimum Gasteiger partial charge on any atom is -0.372 e. The molecule has 0 saturated carbocycles. The molecular weight excluding hydrogens is 228 g/mol. The molecule has 3 rings (SSSR count). The van der Waals surface area contributed by atoms with Crippen molar-refractivity contribution < 1.29 is 4.74 Å². The van der Waals surface area contributed by atoms with Gasteiger partial charge in [-0.15, -0.1) is 0 Å². The lowest BCUT2D eigenvalue weighted by molar-refractivity contribution is 0.108. The number of nitrogens with one attached hydrogen (secondary N) is 2. The summed E-state index contributed by atoms with van der Waals surface area (Å²) in [6.07, 6.45) is 6.32. The third-order valence-electron chi connectivity index (χ3n) is 3.64. The molecule has 0 amide bonds. The largest absolute Gasteiger partial charge is 0.372 e. The smallest absolute Gasteiger partial charge is 0.129 e.